The van der Waals surface area contributed by atoms with Crippen LogP contribution < -0.4 is 0 Å². The fourth-order valence-electron chi connectivity index (χ4n) is 1.85. The molecule has 0 bridgehead atoms. The summed E-state index contributed by atoms with van der Waals surface area (Å²) >= 11 is 12.0. The fraction of sp³-hybridized carbons (Fsp3) is 0. The van der Waals surface area contributed by atoms with Crippen LogP contribution in [-0.2, 0) is 0 Å². The van der Waals surface area contributed by atoms with E-state index in [1.54, 1.807) is 24.4 Å². The van der Waals surface area contributed by atoms with Crippen molar-refractivity contribution in [2.24, 2.45) is 4.99 Å². The van der Waals surface area contributed by atoms with Crippen LogP contribution in [0.25, 0.3) is 11.3 Å². The SMILES string of the molecule is Clc1ccc(Cl)c(N=Cc2n[nH]nc2-c2ccccc2)c1. The summed E-state index contributed by atoms with van der Waals surface area (Å²) in [7, 11) is 0. The maximum Gasteiger partial charge on any atom is 0.131 e. The minimum absolute atomic E-state index is 0.528. The van der Waals surface area contributed by atoms with Crippen molar-refractivity contribution in [3.05, 3.63) is 64.3 Å². The summed E-state index contributed by atoms with van der Waals surface area (Å²) in [6.45, 7) is 0. The van der Waals surface area contributed by atoms with E-state index in [2.05, 4.69) is 20.4 Å². The molecular formula is C15H10Cl2N4. The zero-order valence-corrected chi connectivity index (χ0v) is 12.3. The Morgan fingerprint density at radius 3 is 2.62 bits per heavy atom. The summed E-state index contributed by atoms with van der Waals surface area (Å²) in [5, 5.41) is 12.0. The van der Waals surface area contributed by atoms with E-state index >= 15 is 0 Å². The highest BCUT2D eigenvalue weighted by atomic mass is 35.5. The molecule has 2 aromatic carbocycles. The van der Waals surface area contributed by atoms with Crippen LogP contribution in [0.15, 0.2) is 53.5 Å². The van der Waals surface area contributed by atoms with Gasteiger partial charge in [-0.05, 0) is 18.2 Å². The van der Waals surface area contributed by atoms with Crippen molar-refractivity contribution >= 4 is 35.1 Å². The van der Waals surface area contributed by atoms with E-state index < -0.39 is 0 Å². The van der Waals surface area contributed by atoms with Crippen molar-refractivity contribution < 1.29 is 0 Å². The Labute approximate surface area is 131 Å². The molecule has 0 aliphatic rings. The van der Waals surface area contributed by atoms with E-state index in [1.807, 2.05) is 30.3 Å². The molecule has 0 aliphatic heterocycles. The normalized spacial score (nSPS) is 11.1. The first-order valence-electron chi connectivity index (χ1n) is 6.19. The van der Waals surface area contributed by atoms with Crippen LogP contribution in [0.1, 0.15) is 5.69 Å². The zero-order chi connectivity index (χ0) is 14.7. The van der Waals surface area contributed by atoms with Crippen LogP contribution in [0.4, 0.5) is 5.69 Å². The minimum Gasteiger partial charge on any atom is -0.253 e. The smallest absolute Gasteiger partial charge is 0.131 e. The van der Waals surface area contributed by atoms with Gasteiger partial charge in [0.2, 0.25) is 0 Å². The monoisotopic (exact) mass is 316 g/mol. The summed E-state index contributed by atoms with van der Waals surface area (Å²) in [5.74, 6) is 0. The van der Waals surface area contributed by atoms with E-state index in [9.17, 15) is 0 Å². The molecule has 3 aromatic rings. The highest BCUT2D eigenvalue weighted by Gasteiger charge is 2.08. The lowest BCUT2D eigenvalue weighted by Gasteiger charge is -1.99. The number of aromatic amines is 1. The number of benzene rings is 2. The molecule has 0 saturated heterocycles. The first-order valence-corrected chi connectivity index (χ1v) is 6.95. The average Bonchev–Trinajstić information content (AvgIpc) is 2.97. The van der Waals surface area contributed by atoms with Gasteiger partial charge in [-0.1, -0.05) is 53.5 Å². The number of aromatic nitrogens is 3. The number of halogens is 2. The number of H-pyrrole nitrogens is 1. The van der Waals surface area contributed by atoms with Gasteiger partial charge in [-0.15, -0.1) is 0 Å². The van der Waals surface area contributed by atoms with Gasteiger partial charge in [-0.25, -0.2) is 0 Å². The maximum absolute atomic E-state index is 6.08. The Bertz CT molecular complexity index is 781. The Kier molecular flexibility index (Phi) is 3.99. The lowest BCUT2D eigenvalue weighted by atomic mass is 10.1. The number of rotatable bonds is 3. The summed E-state index contributed by atoms with van der Waals surface area (Å²) < 4.78 is 0. The zero-order valence-electron chi connectivity index (χ0n) is 10.8. The lowest BCUT2D eigenvalue weighted by Crippen LogP contribution is -1.86. The Morgan fingerprint density at radius 1 is 1.00 bits per heavy atom. The van der Waals surface area contributed by atoms with Gasteiger partial charge < -0.3 is 0 Å². The number of nitrogens with one attached hydrogen (secondary N) is 1. The first-order chi connectivity index (χ1) is 10.2. The summed E-state index contributed by atoms with van der Waals surface area (Å²) in [6.07, 6.45) is 1.61. The Hall–Kier alpha value is -2.17. The van der Waals surface area contributed by atoms with E-state index in [1.165, 1.54) is 0 Å². The van der Waals surface area contributed by atoms with Crippen LogP contribution in [0.5, 0.6) is 0 Å². The van der Waals surface area contributed by atoms with Gasteiger partial charge >= 0.3 is 0 Å². The molecule has 0 aliphatic carbocycles. The highest BCUT2D eigenvalue weighted by Crippen LogP contribution is 2.28. The third-order valence-electron chi connectivity index (χ3n) is 2.86. The van der Waals surface area contributed by atoms with Gasteiger partial charge in [-0.3, -0.25) is 4.99 Å². The maximum atomic E-state index is 6.08. The third kappa shape index (κ3) is 3.12. The summed E-state index contributed by atoms with van der Waals surface area (Å²) in [4.78, 5) is 4.33. The molecular weight excluding hydrogens is 307 g/mol. The standard InChI is InChI=1S/C15H10Cl2N4/c16-11-6-7-12(17)13(8-11)18-9-14-15(20-21-19-14)10-4-2-1-3-5-10/h1-9H,(H,19,20,21). The highest BCUT2D eigenvalue weighted by molar-refractivity contribution is 6.35. The fourth-order valence-corrected chi connectivity index (χ4v) is 2.19. The van der Waals surface area contributed by atoms with Crippen molar-refractivity contribution in [1.82, 2.24) is 15.4 Å². The second-order valence-electron chi connectivity index (χ2n) is 4.28. The van der Waals surface area contributed by atoms with Gasteiger partial charge in [0.25, 0.3) is 0 Å². The molecule has 3 rings (SSSR count). The van der Waals surface area contributed by atoms with E-state index in [0.29, 0.717) is 21.4 Å². The molecule has 0 unspecified atom stereocenters. The van der Waals surface area contributed by atoms with Crippen LogP contribution in [0.3, 0.4) is 0 Å². The molecule has 21 heavy (non-hydrogen) atoms. The van der Waals surface area contributed by atoms with Crippen molar-refractivity contribution in [1.29, 1.82) is 0 Å². The second-order valence-corrected chi connectivity index (χ2v) is 5.12. The quantitative estimate of drug-likeness (QED) is 0.722. The molecule has 1 aromatic heterocycles. The van der Waals surface area contributed by atoms with Gasteiger partial charge in [-0.2, -0.15) is 15.4 Å². The lowest BCUT2D eigenvalue weighted by molar-refractivity contribution is 0.940. The predicted molar refractivity (Wildman–Crippen MR) is 85.5 cm³/mol. The van der Waals surface area contributed by atoms with E-state index in [4.69, 9.17) is 23.2 Å². The molecule has 1 N–H and O–H groups in total. The van der Waals surface area contributed by atoms with Gasteiger partial charge in [0.1, 0.15) is 11.4 Å². The molecule has 0 atom stereocenters. The van der Waals surface area contributed by atoms with Crippen molar-refractivity contribution in [3.63, 3.8) is 0 Å². The molecule has 0 saturated carbocycles. The Balaban J connectivity index is 1.94. The molecule has 104 valence electrons. The predicted octanol–water partition coefficient (Wildman–Crippen LogP) is 4.53. The molecule has 0 amide bonds. The van der Waals surface area contributed by atoms with Crippen molar-refractivity contribution in [3.8, 4) is 11.3 Å². The molecule has 0 fully saturated rings. The van der Waals surface area contributed by atoms with Crippen molar-refractivity contribution in [2.45, 2.75) is 0 Å². The van der Waals surface area contributed by atoms with E-state index in [0.717, 1.165) is 11.3 Å². The van der Waals surface area contributed by atoms with Gasteiger partial charge in [0.15, 0.2) is 0 Å². The van der Waals surface area contributed by atoms with Crippen molar-refractivity contribution in [2.75, 3.05) is 0 Å². The van der Waals surface area contributed by atoms with Crippen LogP contribution in [-0.4, -0.2) is 21.6 Å². The van der Waals surface area contributed by atoms with Crippen LogP contribution in [0, 0.1) is 0 Å². The Morgan fingerprint density at radius 2 is 1.81 bits per heavy atom. The number of hydrogen-bond acceptors (Lipinski definition) is 3. The molecule has 0 spiro atoms. The molecule has 0 radical (unpaired) electrons. The summed E-state index contributed by atoms with van der Waals surface area (Å²) in [5.41, 5.74) is 2.92. The van der Waals surface area contributed by atoms with Gasteiger partial charge in [0, 0.05) is 10.6 Å². The summed E-state index contributed by atoms with van der Waals surface area (Å²) in [6, 6.07) is 14.9. The number of aliphatic imine (C=N–C) groups is 1. The molecule has 6 heteroatoms. The van der Waals surface area contributed by atoms with Crippen LogP contribution >= 0.6 is 23.2 Å². The topological polar surface area (TPSA) is 53.9 Å². The first kappa shape index (κ1) is 13.8. The number of hydrogen-bond donors (Lipinski definition) is 1. The third-order valence-corrected chi connectivity index (χ3v) is 3.41. The average molecular weight is 317 g/mol. The van der Waals surface area contributed by atoms with Crippen LogP contribution in [0.2, 0.25) is 10.0 Å². The molecule has 1 heterocycles. The largest absolute Gasteiger partial charge is 0.253 e. The van der Waals surface area contributed by atoms with E-state index in [-0.39, 0.29) is 0 Å². The van der Waals surface area contributed by atoms with Gasteiger partial charge in [0.05, 0.1) is 16.9 Å². The second kappa shape index (κ2) is 6.08. The minimum atomic E-state index is 0.528. The molecule has 4 nitrogen and oxygen atoms in total. The number of nitrogens with zero attached hydrogens (tertiary/aromatic N) is 3.